The van der Waals surface area contributed by atoms with Gasteiger partial charge in [-0.15, -0.1) is 12.3 Å². The quantitative estimate of drug-likeness (QED) is 0.759. The van der Waals surface area contributed by atoms with E-state index >= 15 is 0 Å². The van der Waals surface area contributed by atoms with Crippen molar-refractivity contribution in [1.29, 1.82) is 0 Å². The molecular weight excluding hydrogens is 254 g/mol. The smallest absolute Gasteiger partial charge is 0.408 e. The molecule has 0 aliphatic carbocycles. The van der Waals surface area contributed by atoms with Gasteiger partial charge < -0.3 is 14.8 Å². The lowest BCUT2D eigenvalue weighted by molar-refractivity contribution is -0.0221. The van der Waals surface area contributed by atoms with Crippen molar-refractivity contribution in [2.45, 2.75) is 78.0 Å². The van der Waals surface area contributed by atoms with E-state index in [0.717, 1.165) is 0 Å². The molecule has 0 saturated heterocycles. The number of rotatable bonds is 6. The maximum absolute atomic E-state index is 11.7. The number of amides is 1. The van der Waals surface area contributed by atoms with Crippen molar-refractivity contribution < 1.29 is 14.3 Å². The van der Waals surface area contributed by atoms with E-state index in [-0.39, 0.29) is 5.60 Å². The van der Waals surface area contributed by atoms with E-state index in [1.54, 1.807) is 0 Å². The Hall–Kier alpha value is -1.21. The van der Waals surface area contributed by atoms with Crippen LogP contribution in [0, 0.1) is 12.3 Å². The van der Waals surface area contributed by atoms with Crippen LogP contribution < -0.4 is 5.32 Å². The summed E-state index contributed by atoms with van der Waals surface area (Å²) >= 11 is 0. The summed E-state index contributed by atoms with van der Waals surface area (Å²) in [6.07, 6.45) is 6.12. The fourth-order valence-corrected chi connectivity index (χ4v) is 1.52. The van der Waals surface area contributed by atoms with Crippen LogP contribution in [0.4, 0.5) is 4.79 Å². The van der Waals surface area contributed by atoms with Crippen molar-refractivity contribution in [3.8, 4) is 12.3 Å². The van der Waals surface area contributed by atoms with E-state index < -0.39 is 17.2 Å². The van der Waals surface area contributed by atoms with Crippen molar-refractivity contribution in [3.63, 3.8) is 0 Å². The van der Waals surface area contributed by atoms with Crippen molar-refractivity contribution in [3.05, 3.63) is 0 Å². The number of carbonyl (C=O) groups excluding carboxylic acids is 1. The Bertz CT molecular complexity index is 359. The highest BCUT2D eigenvalue weighted by Crippen LogP contribution is 2.17. The Balaban J connectivity index is 4.20. The van der Waals surface area contributed by atoms with Gasteiger partial charge in [0.25, 0.3) is 0 Å². The summed E-state index contributed by atoms with van der Waals surface area (Å²) in [5, 5.41) is 2.85. The number of hydrogen-bond acceptors (Lipinski definition) is 3. The van der Waals surface area contributed by atoms with Gasteiger partial charge in [-0.1, -0.05) is 0 Å². The van der Waals surface area contributed by atoms with Gasteiger partial charge in [0, 0.05) is 18.6 Å². The summed E-state index contributed by atoms with van der Waals surface area (Å²) in [5.74, 6) is 2.60. The number of hydrogen-bond donors (Lipinski definition) is 1. The van der Waals surface area contributed by atoms with Crippen LogP contribution in [0.2, 0.25) is 0 Å². The minimum Gasteiger partial charge on any atom is -0.444 e. The molecule has 4 nitrogen and oxygen atoms in total. The Kier molecular flexibility index (Phi) is 6.56. The van der Waals surface area contributed by atoms with Crippen LogP contribution in [0.5, 0.6) is 0 Å². The van der Waals surface area contributed by atoms with Gasteiger partial charge in [-0.05, 0) is 54.9 Å². The van der Waals surface area contributed by atoms with Gasteiger partial charge in [0.2, 0.25) is 0 Å². The van der Waals surface area contributed by atoms with Crippen LogP contribution in [0.3, 0.4) is 0 Å². The Morgan fingerprint density at radius 2 is 1.70 bits per heavy atom. The van der Waals surface area contributed by atoms with E-state index in [9.17, 15) is 4.79 Å². The molecule has 0 spiro atoms. The lowest BCUT2D eigenvalue weighted by Crippen LogP contribution is -2.46. The number of nitrogens with one attached hydrogen (secondary N) is 1. The molecule has 1 amide bonds. The van der Waals surface area contributed by atoms with E-state index in [4.69, 9.17) is 15.9 Å². The molecular formula is C16H29NO3. The Morgan fingerprint density at radius 3 is 2.15 bits per heavy atom. The summed E-state index contributed by atoms with van der Waals surface area (Å²) in [5.41, 5.74) is -1.23. The maximum Gasteiger partial charge on any atom is 0.408 e. The standard InChI is InChI=1S/C16H29NO3/c1-9-10-16(7,8)19-12-11-15(5,6)17-13(18)20-14(2,3)4/h1H,10-12H2,2-8H3,(H,17,18). The predicted octanol–water partition coefficient (Wildman–Crippen LogP) is 3.50. The van der Waals surface area contributed by atoms with Gasteiger partial charge in [-0.25, -0.2) is 4.79 Å². The first-order chi connectivity index (χ1) is 8.87. The zero-order valence-corrected chi connectivity index (χ0v) is 13.9. The molecule has 0 rings (SSSR count). The van der Waals surface area contributed by atoms with E-state index in [1.807, 2.05) is 48.5 Å². The van der Waals surface area contributed by atoms with Crippen LogP contribution in [0.25, 0.3) is 0 Å². The second kappa shape index (κ2) is 6.99. The molecule has 0 aromatic heterocycles. The Morgan fingerprint density at radius 1 is 1.15 bits per heavy atom. The first kappa shape index (κ1) is 18.8. The average molecular weight is 283 g/mol. The molecule has 0 unspecified atom stereocenters. The zero-order chi connectivity index (χ0) is 16.0. The van der Waals surface area contributed by atoms with Gasteiger partial charge in [-0.2, -0.15) is 0 Å². The minimum atomic E-state index is -0.495. The molecule has 0 heterocycles. The van der Waals surface area contributed by atoms with Crippen molar-refractivity contribution in [1.82, 2.24) is 5.32 Å². The summed E-state index contributed by atoms with van der Waals surface area (Å²) in [7, 11) is 0. The third-order valence-electron chi connectivity index (χ3n) is 2.59. The number of carbonyl (C=O) groups is 1. The number of alkyl carbamates (subject to hydrolysis) is 1. The second-order valence-corrected chi connectivity index (χ2v) is 7.25. The lowest BCUT2D eigenvalue weighted by atomic mass is 10.0. The van der Waals surface area contributed by atoms with Crippen molar-refractivity contribution in [2.24, 2.45) is 0 Å². The maximum atomic E-state index is 11.7. The highest BCUT2D eigenvalue weighted by Gasteiger charge is 2.25. The van der Waals surface area contributed by atoms with E-state index in [0.29, 0.717) is 19.4 Å². The molecule has 0 aromatic rings. The molecule has 20 heavy (non-hydrogen) atoms. The molecule has 0 aliphatic rings. The SMILES string of the molecule is C#CCC(C)(C)OCCC(C)(C)NC(=O)OC(C)(C)C. The Labute approximate surface area is 123 Å². The number of terminal acetylenes is 1. The number of ether oxygens (including phenoxy) is 2. The van der Waals surface area contributed by atoms with Crippen LogP contribution in [-0.2, 0) is 9.47 Å². The average Bonchev–Trinajstić information content (AvgIpc) is 2.11. The van der Waals surface area contributed by atoms with Crippen LogP contribution in [0.1, 0.15) is 61.3 Å². The molecule has 1 N–H and O–H groups in total. The fourth-order valence-electron chi connectivity index (χ4n) is 1.52. The molecule has 0 fully saturated rings. The third kappa shape index (κ3) is 9.69. The minimum absolute atomic E-state index is 0.337. The molecule has 4 heteroatoms. The summed E-state index contributed by atoms with van der Waals surface area (Å²) < 4.78 is 11.0. The third-order valence-corrected chi connectivity index (χ3v) is 2.59. The van der Waals surface area contributed by atoms with Crippen LogP contribution in [-0.4, -0.2) is 29.4 Å². The molecule has 0 bridgehead atoms. The van der Waals surface area contributed by atoms with Gasteiger partial charge in [0.15, 0.2) is 0 Å². The van der Waals surface area contributed by atoms with Gasteiger partial charge in [0.1, 0.15) is 5.60 Å². The van der Waals surface area contributed by atoms with Crippen molar-refractivity contribution >= 4 is 6.09 Å². The largest absolute Gasteiger partial charge is 0.444 e. The monoisotopic (exact) mass is 283 g/mol. The summed E-state index contributed by atoms with van der Waals surface area (Å²) in [6, 6.07) is 0. The van der Waals surface area contributed by atoms with E-state index in [2.05, 4.69) is 11.2 Å². The molecule has 0 aliphatic heterocycles. The predicted molar refractivity (Wildman–Crippen MR) is 81.5 cm³/mol. The first-order valence-corrected chi connectivity index (χ1v) is 6.95. The molecule has 0 saturated carbocycles. The van der Waals surface area contributed by atoms with Crippen LogP contribution >= 0.6 is 0 Å². The molecule has 0 radical (unpaired) electrons. The first-order valence-electron chi connectivity index (χ1n) is 6.95. The summed E-state index contributed by atoms with van der Waals surface area (Å²) in [6.45, 7) is 13.8. The highest BCUT2D eigenvalue weighted by atomic mass is 16.6. The topological polar surface area (TPSA) is 47.6 Å². The molecule has 0 aromatic carbocycles. The zero-order valence-electron chi connectivity index (χ0n) is 13.9. The lowest BCUT2D eigenvalue weighted by Gasteiger charge is -2.30. The molecule has 116 valence electrons. The van der Waals surface area contributed by atoms with Gasteiger partial charge >= 0.3 is 6.09 Å². The molecule has 0 atom stereocenters. The van der Waals surface area contributed by atoms with Crippen molar-refractivity contribution in [2.75, 3.05) is 6.61 Å². The van der Waals surface area contributed by atoms with Crippen LogP contribution in [0.15, 0.2) is 0 Å². The van der Waals surface area contributed by atoms with Gasteiger partial charge in [-0.3, -0.25) is 0 Å². The van der Waals surface area contributed by atoms with Gasteiger partial charge in [0.05, 0.1) is 5.60 Å². The second-order valence-electron chi connectivity index (χ2n) is 7.25. The normalized spacial score (nSPS) is 12.7. The summed E-state index contributed by atoms with van der Waals surface area (Å²) in [4.78, 5) is 11.7. The highest BCUT2D eigenvalue weighted by molar-refractivity contribution is 5.68. The van der Waals surface area contributed by atoms with E-state index in [1.165, 1.54) is 0 Å². The fraction of sp³-hybridized carbons (Fsp3) is 0.812.